The summed E-state index contributed by atoms with van der Waals surface area (Å²) in [6, 6.07) is 4.14. The van der Waals surface area contributed by atoms with E-state index in [1.54, 1.807) is 13.0 Å². The third-order valence-electron chi connectivity index (χ3n) is 1.87. The van der Waals surface area contributed by atoms with Crippen molar-refractivity contribution in [3.8, 4) is 0 Å². The van der Waals surface area contributed by atoms with Crippen molar-refractivity contribution in [2.75, 3.05) is 6.54 Å². The minimum absolute atomic E-state index is 0.138. The molecule has 0 amide bonds. The van der Waals surface area contributed by atoms with Gasteiger partial charge in [0, 0.05) is 0 Å². The van der Waals surface area contributed by atoms with Crippen LogP contribution in [0.4, 0.5) is 8.78 Å². The van der Waals surface area contributed by atoms with Crippen molar-refractivity contribution in [1.82, 2.24) is 0 Å². The van der Waals surface area contributed by atoms with Gasteiger partial charge in [0.25, 0.3) is 0 Å². The van der Waals surface area contributed by atoms with Gasteiger partial charge in [-0.25, -0.2) is 8.78 Å². The smallest absolute Gasteiger partial charge is 0.162 e. The topological polar surface area (TPSA) is 26.0 Å². The molecular weight excluding hydrogens is 160 g/mol. The van der Waals surface area contributed by atoms with E-state index in [0.29, 0.717) is 12.1 Å². The molecule has 1 nitrogen and oxygen atoms in total. The monoisotopic (exact) mass is 171 g/mol. The largest absolute Gasteiger partial charge is 0.330 e. The molecule has 0 fully saturated rings. The molecule has 1 aromatic rings. The highest BCUT2D eigenvalue weighted by Gasteiger charge is 2.11. The number of hydrogen-bond donors (Lipinski definition) is 1. The minimum atomic E-state index is -0.812. The molecule has 0 aliphatic carbocycles. The highest BCUT2D eigenvalue weighted by atomic mass is 19.2. The van der Waals surface area contributed by atoms with E-state index in [0.717, 1.165) is 6.07 Å². The first-order chi connectivity index (χ1) is 5.66. The van der Waals surface area contributed by atoms with Crippen LogP contribution in [0.3, 0.4) is 0 Å². The highest BCUT2D eigenvalue weighted by molar-refractivity contribution is 5.22. The van der Waals surface area contributed by atoms with Gasteiger partial charge in [-0.05, 0) is 24.1 Å². The summed E-state index contributed by atoms with van der Waals surface area (Å²) >= 11 is 0. The standard InChI is InChI=1S/C9H11F2N/c1-6(5-12)7-3-2-4-8(10)9(7)11/h2-4,6H,5,12H2,1H3/t6-/m0/s1. The molecule has 0 unspecified atom stereocenters. The van der Waals surface area contributed by atoms with E-state index in [9.17, 15) is 8.78 Å². The number of rotatable bonds is 2. The average Bonchev–Trinajstić information content (AvgIpc) is 2.08. The first-order valence-corrected chi connectivity index (χ1v) is 3.80. The molecule has 0 aliphatic heterocycles. The van der Waals surface area contributed by atoms with Gasteiger partial charge in [-0.3, -0.25) is 0 Å². The highest BCUT2D eigenvalue weighted by Crippen LogP contribution is 2.19. The van der Waals surface area contributed by atoms with Gasteiger partial charge in [-0.15, -0.1) is 0 Å². The number of halogens is 2. The Labute approximate surface area is 70.2 Å². The van der Waals surface area contributed by atoms with Gasteiger partial charge in [0.05, 0.1) is 0 Å². The summed E-state index contributed by atoms with van der Waals surface area (Å²) in [6.07, 6.45) is 0. The molecule has 66 valence electrons. The molecule has 0 radical (unpaired) electrons. The minimum Gasteiger partial charge on any atom is -0.330 e. The van der Waals surface area contributed by atoms with Gasteiger partial charge in [-0.2, -0.15) is 0 Å². The van der Waals surface area contributed by atoms with Crippen LogP contribution in [0, 0.1) is 11.6 Å². The van der Waals surface area contributed by atoms with Crippen LogP contribution >= 0.6 is 0 Å². The lowest BCUT2D eigenvalue weighted by Crippen LogP contribution is -2.11. The summed E-state index contributed by atoms with van der Waals surface area (Å²) in [5.74, 6) is -1.73. The van der Waals surface area contributed by atoms with Crippen LogP contribution in [0.15, 0.2) is 18.2 Å². The van der Waals surface area contributed by atoms with Crippen molar-refractivity contribution in [3.05, 3.63) is 35.4 Å². The van der Waals surface area contributed by atoms with Gasteiger partial charge >= 0.3 is 0 Å². The Hall–Kier alpha value is -0.960. The molecule has 1 rings (SSSR count). The summed E-state index contributed by atoms with van der Waals surface area (Å²) in [4.78, 5) is 0. The summed E-state index contributed by atoms with van der Waals surface area (Å²) in [5, 5.41) is 0. The van der Waals surface area contributed by atoms with Crippen LogP contribution in [-0.4, -0.2) is 6.54 Å². The Morgan fingerprint density at radius 1 is 1.42 bits per heavy atom. The maximum absolute atomic E-state index is 13.0. The molecule has 1 atom stereocenters. The van der Waals surface area contributed by atoms with Crippen LogP contribution < -0.4 is 5.73 Å². The van der Waals surface area contributed by atoms with Crippen molar-refractivity contribution < 1.29 is 8.78 Å². The second-order valence-corrected chi connectivity index (χ2v) is 2.78. The zero-order valence-electron chi connectivity index (χ0n) is 6.85. The van der Waals surface area contributed by atoms with E-state index >= 15 is 0 Å². The lowest BCUT2D eigenvalue weighted by atomic mass is 10.0. The average molecular weight is 171 g/mol. The predicted molar refractivity (Wildman–Crippen MR) is 43.8 cm³/mol. The van der Waals surface area contributed by atoms with Crippen LogP contribution in [0.1, 0.15) is 18.4 Å². The lowest BCUT2D eigenvalue weighted by molar-refractivity contribution is 0.491. The molecule has 1 aromatic carbocycles. The maximum Gasteiger partial charge on any atom is 0.162 e. The zero-order valence-corrected chi connectivity index (χ0v) is 6.85. The molecule has 0 aromatic heterocycles. The normalized spacial score (nSPS) is 13.0. The second-order valence-electron chi connectivity index (χ2n) is 2.78. The van der Waals surface area contributed by atoms with E-state index in [-0.39, 0.29) is 5.92 Å². The first-order valence-electron chi connectivity index (χ1n) is 3.80. The molecule has 0 aliphatic rings. The van der Waals surface area contributed by atoms with Crippen LogP contribution in [-0.2, 0) is 0 Å². The molecule has 0 spiro atoms. The van der Waals surface area contributed by atoms with Gasteiger partial charge in [0.15, 0.2) is 11.6 Å². The van der Waals surface area contributed by atoms with Crippen molar-refractivity contribution >= 4 is 0 Å². The maximum atomic E-state index is 13.0. The molecule has 2 N–H and O–H groups in total. The Balaban J connectivity index is 3.07. The van der Waals surface area contributed by atoms with E-state index in [4.69, 9.17) is 5.73 Å². The molecule has 0 saturated carbocycles. The van der Waals surface area contributed by atoms with E-state index in [1.807, 2.05) is 0 Å². The SMILES string of the molecule is C[C@@H](CN)c1cccc(F)c1F. The van der Waals surface area contributed by atoms with E-state index in [2.05, 4.69) is 0 Å². The molecule has 0 saturated heterocycles. The van der Waals surface area contributed by atoms with E-state index in [1.165, 1.54) is 6.07 Å². The van der Waals surface area contributed by atoms with Crippen molar-refractivity contribution in [3.63, 3.8) is 0 Å². The summed E-state index contributed by atoms with van der Waals surface area (Å²) in [7, 11) is 0. The Kier molecular flexibility index (Phi) is 2.76. The van der Waals surface area contributed by atoms with Crippen molar-refractivity contribution in [1.29, 1.82) is 0 Å². The molecule has 3 heteroatoms. The quantitative estimate of drug-likeness (QED) is 0.723. The van der Waals surface area contributed by atoms with Crippen molar-refractivity contribution in [2.45, 2.75) is 12.8 Å². The van der Waals surface area contributed by atoms with Gasteiger partial charge in [0.2, 0.25) is 0 Å². The molecular formula is C9H11F2N. The van der Waals surface area contributed by atoms with E-state index < -0.39 is 11.6 Å². The fraction of sp³-hybridized carbons (Fsp3) is 0.333. The lowest BCUT2D eigenvalue weighted by Gasteiger charge is -2.09. The van der Waals surface area contributed by atoms with Crippen molar-refractivity contribution in [2.24, 2.45) is 5.73 Å². The second kappa shape index (κ2) is 3.63. The fourth-order valence-electron chi connectivity index (χ4n) is 1.03. The fourth-order valence-corrected chi connectivity index (χ4v) is 1.03. The Morgan fingerprint density at radius 3 is 2.67 bits per heavy atom. The van der Waals surface area contributed by atoms with Gasteiger partial charge in [0.1, 0.15) is 0 Å². The number of benzene rings is 1. The Morgan fingerprint density at radius 2 is 2.08 bits per heavy atom. The molecule has 0 bridgehead atoms. The third-order valence-corrected chi connectivity index (χ3v) is 1.87. The number of hydrogen-bond acceptors (Lipinski definition) is 1. The van der Waals surface area contributed by atoms with Gasteiger partial charge in [-0.1, -0.05) is 19.1 Å². The molecule has 0 heterocycles. The van der Waals surface area contributed by atoms with Crippen LogP contribution in [0.25, 0.3) is 0 Å². The Bertz CT molecular complexity index is 273. The van der Waals surface area contributed by atoms with Crippen LogP contribution in [0.5, 0.6) is 0 Å². The number of nitrogens with two attached hydrogens (primary N) is 1. The molecule has 12 heavy (non-hydrogen) atoms. The summed E-state index contributed by atoms with van der Waals surface area (Å²) in [5.41, 5.74) is 5.68. The van der Waals surface area contributed by atoms with Crippen LogP contribution in [0.2, 0.25) is 0 Å². The predicted octanol–water partition coefficient (Wildman–Crippen LogP) is 2.03. The summed E-state index contributed by atoms with van der Waals surface area (Å²) < 4.78 is 25.7. The zero-order chi connectivity index (χ0) is 9.14. The third kappa shape index (κ3) is 1.61. The van der Waals surface area contributed by atoms with Gasteiger partial charge < -0.3 is 5.73 Å². The summed E-state index contributed by atoms with van der Waals surface area (Å²) in [6.45, 7) is 2.08. The first kappa shape index (κ1) is 9.13.